The van der Waals surface area contributed by atoms with Gasteiger partial charge in [-0.3, -0.25) is 24.0 Å². The number of aromatic nitrogens is 3. The summed E-state index contributed by atoms with van der Waals surface area (Å²) in [5.74, 6) is -3.67. The van der Waals surface area contributed by atoms with E-state index in [1.54, 1.807) is 45.2 Å². The molecule has 2 aromatic heterocycles. The Morgan fingerprint density at radius 2 is 1.25 bits per heavy atom. The highest BCUT2D eigenvalue weighted by Crippen LogP contribution is 2.37. The molecular formula is C48H69N3O13. The molecule has 354 valence electrons. The van der Waals surface area contributed by atoms with Crippen LogP contribution in [-0.2, 0) is 67.0 Å². The molecule has 3 heterocycles. The summed E-state index contributed by atoms with van der Waals surface area (Å²) < 4.78 is 76.5. The normalized spacial score (nSPS) is 20.5. The van der Waals surface area contributed by atoms with E-state index in [-0.39, 0.29) is 38.3 Å². The van der Waals surface area contributed by atoms with E-state index in [9.17, 15) is 29.1 Å². The lowest BCUT2D eigenvalue weighted by molar-refractivity contribution is -0.294. The summed E-state index contributed by atoms with van der Waals surface area (Å²) >= 11 is 0. The Labute approximate surface area is 382 Å². The van der Waals surface area contributed by atoms with Crippen LogP contribution in [0.3, 0.4) is 0 Å². The minimum atomic E-state index is -1.78. The van der Waals surface area contributed by atoms with Crippen LogP contribution in [0.25, 0.3) is 11.0 Å². The van der Waals surface area contributed by atoms with Crippen LogP contribution in [0, 0.1) is 27.1 Å². The Bertz CT molecular complexity index is 2240. The predicted molar refractivity (Wildman–Crippen MR) is 236 cm³/mol. The maximum absolute atomic E-state index is 14.0. The summed E-state index contributed by atoms with van der Waals surface area (Å²) in [5.41, 5.74) is -4.30. The minimum absolute atomic E-state index is 0.0790. The van der Waals surface area contributed by atoms with Gasteiger partial charge in [-0.1, -0.05) is 12.1 Å². The van der Waals surface area contributed by atoms with Crippen LogP contribution in [0.15, 0.2) is 36.5 Å². The number of aliphatic hydroxyl groups excluding tert-OH is 1. The van der Waals surface area contributed by atoms with Crippen molar-refractivity contribution in [2.45, 2.75) is 160 Å². The van der Waals surface area contributed by atoms with Gasteiger partial charge in [0.05, 0.1) is 32.5 Å². The lowest BCUT2D eigenvalue weighted by atomic mass is 9.93. The van der Waals surface area contributed by atoms with Crippen molar-refractivity contribution in [2.75, 3.05) is 13.2 Å². The summed E-state index contributed by atoms with van der Waals surface area (Å²) in [6, 6.07) is 8.88. The van der Waals surface area contributed by atoms with Crippen molar-refractivity contribution in [2.24, 2.45) is 27.1 Å². The van der Waals surface area contributed by atoms with Crippen molar-refractivity contribution in [1.82, 2.24) is 14.8 Å². The maximum Gasteiger partial charge on any atom is 0.316 e. The van der Waals surface area contributed by atoms with Gasteiger partial charge in [0.15, 0.2) is 17.9 Å². The molecule has 0 amide bonds. The van der Waals surface area contributed by atoms with Gasteiger partial charge in [-0.05, 0) is 152 Å². The second-order valence-electron chi connectivity index (χ2n) is 20.0. The van der Waals surface area contributed by atoms with Gasteiger partial charge < -0.3 is 38.3 Å². The predicted octanol–water partition coefficient (Wildman–Crippen LogP) is 7.12. The molecule has 0 radical (unpaired) electrons. The number of carbonyl (C=O) groups excluding carboxylic acids is 5. The third kappa shape index (κ3) is 13.5. The minimum Gasteiger partial charge on any atom is -0.462 e. The zero-order valence-electron chi connectivity index (χ0n) is 43.1. The number of benzene rings is 1. The zero-order chi connectivity index (χ0) is 51.0. The van der Waals surface area contributed by atoms with Crippen LogP contribution >= 0.6 is 0 Å². The molecule has 0 bridgehead atoms. The first-order chi connectivity index (χ1) is 31.7. The first-order valence-electron chi connectivity index (χ1n) is 24.0. The highest BCUT2D eigenvalue weighted by atomic mass is 16.7. The Hall–Kier alpha value is -5.09. The third-order valence-electron chi connectivity index (χ3n) is 9.78. The van der Waals surface area contributed by atoms with Gasteiger partial charge in [0.25, 0.3) is 0 Å². The number of fused-ring (bicyclic) bond motifs is 1. The van der Waals surface area contributed by atoms with Crippen LogP contribution in [0.5, 0.6) is 11.6 Å². The van der Waals surface area contributed by atoms with Crippen LogP contribution in [0.1, 0.15) is 127 Å². The summed E-state index contributed by atoms with van der Waals surface area (Å²) in [6.07, 6.45) is -5.76. The van der Waals surface area contributed by atoms with Gasteiger partial charge in [0.2, 0.25) is 18.3 Å². The second-order valence-corrected chi connectivity index (χ2v) is 20.0. The van der Waals surface area contributed by atoms with E-state index in [1.165, 1.54) is 60.1 Å². The average Bonchev–Trinajstić information content (AvgIpc) is 3.65. The van der Waals surface area contributed by atoms with Crippen molar-refractivity contribution in [3.8, 4) is 11.6 Å². The molecule has 5 atom stereocenters. The van der Waals surface area contributed by atoms with Crippen molar-refractivity contribution < 1.29 is 67.7 Å². The van der Waals surface area contributed by atoms with E-state index < -0.39 is 109 Å². The van der Waals surface area contributed by atoms with Gasteiger partial charge in [-0.25, -0.2) is 9.67 Å². The van der Waals surface area contributed by atoms with E-state index in [4.69, 9.17) is 43.7 Å². The van der Waals surface area contributed by atoms with Gasteiger partial charge >= 0.3 is 29.8 Å². The molecule has 1 aliphatic rings. The van der Waals surface area contributed by atoms with E-state index >= 15 is 0 Å². The van der Waals surface area contributed by atoms with Gasteiger partial charge in [0, 0.05) is 24.8 Å². The number of esters is 5. The summed E-state index contributed by atoms with van der Waals surface area (Å²) in [6.45, 7) is 14.8. The van der Waals surface area contributed by atoms with Crippen LogP contribution in [0.4, 0.5) is 0 Å². The molecule has 64 heavy (non-hydrogen) atoms. The molecule has 1 aromatic carbocycles. The van der Waals surface area contributed by atoms with Gasteiger partial charge in [0.1, 0.15) is 18.5 Å². The molecule has 0 spiro atoms. The van der Waals surface area contributed by atoms with E-state index in [0.717, 1.165) is 5.56 Å². The van der Waals surface area contributed by atoms with Crippen LogP contribution in [-0.4, -0.2) is 93.6 Å². The smallest absolute Gasteiger partial charge is 0.316 e. The van der Waals surface area contributed by atoms with Gasteiger partial charge in [-0.15, -0.1) is 5.10 Å². The fourth-order valence-corrected chi connectivity index (χ4v) is 5.88. The summed E-state index contributed by atoms with van der Waals surface area (Å²) in [4.78, 5) is 72.3. The number of aryl methyl sites for hydroxylation is 3. The maximum atomic E-state index is 14.0. The number of aliphatic hydroxyl groups is 1. The molecule has 1 N–H and O–H groups in total. The third-order valence-corrected chi connectivity index (χ3v) is 9.78. The van der Waals surface area contributed by atoms with Gasteiger partial charge in [-0.2, -0.15) is 0 Å². The highest BCUT2D eigenvalue weighted by Gasteiger charge is 2.56. The van der Waals surface area contributed by atoms with E-state index in [1.807, 2.05) is 12.1 Å². The van der Waals surface area contributed by atoms with Crippen LogP contribution in [0.2, 0.25) is 0 Å². The van der Waals surface area contributed by atoms with Crippen molar-refractivity contribution in [3.63, 3.8) is 0 Å². The first-order valence-corrected chi connectivity index (χ1v) is 21.2. The monoisotopic (exact) mass is 900 g/mol. The molecule has 0 aliphatic carbocycles. The molecule has 1 saturated heterocycles. The Kier molecular flexibility index (Phi) is 14.2. The molecule has 0 saturated carbocycles. The molecule has 16 heteroatoms. The number of ether oxygens (including phenoxy) is 7. The number of hydrogen-bond donors (Lipinski definition) is 1. The highest BCUT2D eigenvalue weighted by molar-refractivity contribution is 5.85. The fraction of sp³-hybridized carbons (Fsp3) is 0.646. The van der Waals surface area contributed by atoms with Crippen molar-refractivity contribution in [3.05, 3.63) is 47.7 Å². The number of carbonyl (C=O) groups is 5. The van der Waals surface area contributed by atoms with Crippen molar-refractivity contribution in [1.29, 1.82) is 0 Å². The molecule has 16 nitrogen and oxygen atoms in total. The first kappa shape index (κ1) is 45.5. The number of rotatable bonds is 14. The SMILES string of the molecule is [2H]CC(C)(C)C(=O)OC[C@H]1OC(Oc2nn(CCCO)c3nccc(CCc4ccc(OC(=O)C(C)(C)C)cc4)c23)[C@H](OC(=O)C(C)(C)C[2H])[C@@H](OC(=O)C(C)(C)C[2H])[C@@H]1OC(=O)C(C)(C)C[2H]. The molecule has 3 aromatic rings. The lowest BCUT2D eigenvalue weighted by Crippen LogP contribution is -2.65. The largest absolute Gasteiger partial charge is 0.462 e. The fourth-order valence-electron chi connectivity index (χ4n) is 5.88. The standard InChI is InChI=1S/C48H69N3O13/c1-44(2,3)39(53)58-27-31-33(61-41(55)46(7,8)9)34(62-42(56)47(10,11)12)35(63-43(57)48(13,14)15)38(60-31)64-37-32-29(23-24-49-36(32)51(50-37)25-16-26-52)20-17-28-18-21-30(22-19-28)59-40(54)45(4,5)6/h18-19,21-24,31,33-35,38,52H,16-17,20,25-27H2,1-15H3/t31-,33-,34+,35-,38?/m1/s1/i1D,7D,10D,13D. The molecule has 1 unspecified atom stereocenters. The zero-order valence-corrected chi connectivity index (χ0v) is 39.1. The Morgan fingerprint density at radius 3 is 1.80 bits per heavy atom. The Morgan fingerprint density at radius 1 is 0.703 bits per heavy atom. The Balaban J connectivity index is 1.91. The van der Waals surface area contributed by atoms with Crippen molar-refractivity contribution >= 4 is 40.9 Å². The quantitative estimate of drug-likeness (QED) is 0.0973. The number of nitrogens with zero attached hydrogens (tertiary/aromatic N) is 3. The number of pyridine rings is 1. The second kappa shape index (κ2) is 20.0. The average molecular weight is 900 g/mol. The molecular weight excluding hydrogens is 827 g/mol. The summed E-state index contributed by atoms with van der Waals surface area (Å²) in [5, 5.41) is 15.0. The molecule has 1 fully saturated rings. The molecule has 4 rings (SSSR count). The van der Waals surface area contributed by atoms with Crippen LogP contribution < -0.4 is 9.47 Å². The summed E-state index contributed by atoms with van der Waals surface area (Å²) in [7, 11) is 0. The number of hydrogen-bond acceptors (Lipinski definition) is 15. The topological polar surface area (TPSA) is 201 Å². The molecule has 1 aliphatic heterocycles. The van der Waals surface area contributed by atoms with E-state index in [0.29, 0.717) is 35.2 Å². The van der Waals surface area contributed by atoms with E-state index in [2.05, 4.69) is 4.98 Å². The lowest BCUT2D eigenvalue weighted by Gasteiger charge is -2.45.